The number of benzene rings is 2. The number of rotatable bonds is 4. The SMILES string of the molecule is CC(C)(C)NC(=O)CNC(=O)c1ccc(-c2ccc3ocnc3c2)cc1. The minimum Gasteiger partial charge on any atom is -0.443 e. The molecule has 26 heavy (non-hydrogen) atoms. The largest absolute Gasteiger partial charge is 0.443 e. The van der Waals surface area contributed by atoms with Crippen molar-refractivity contribution in [2.45, 2.75) is 26.3 Å². The summed E-state index contributed by atoms with van der Waals surface area (Å²) in [6.45, 7) is 5.62. The summed E-state index contributed by atoms with van der Waals surface area (Å²) in [5, 5.41) is 5.43. The summed E-state index contributed by atoms with van der Waals surface area (Å²) in [5.74, 6) is -0.504. The maximum absolute atomic E-state index is 12.2. The number of hydrogen-bond acceptors (Lipinski definition) is 4. The van der Waals surface area contributed by atoms with Crippen LogP contribution < -0.4 is 10.6 Å². The number of hydrogen-bond donors (Lipinski definition) is 2. The van der Waals surface area contributed by atoms with Crippen LogP contribution in [0.2, 0.25) is 0 Å². The van der Waals surface area contributed by atoms with Crippen LogP contribution in [0.1, 0.15) is 31.1 Å². The lowest BCUT2D eigenvalue weighted by molar-refractivity contribution is -0.121. The van der Waals surface area contributed by atoms with Gasteiger partial charge in [0.05, 0.1) is 6.54 Å². The lowest BCUT2D eigenvalue weighted by Gasteiger charge is -2.20. The van der Waals surface area contributed by atoms with Gasteiger partial charge in [-0.2, -0.15) is 0 Å². The van der Waals surface area contributed by atoms with Crippen molar-refractivity contribution >= 4 is 22.9 Å². The van der Waals surface area contributed by atoms with Crippen molar-refractivity contribution in [3.63, 3.8) is 0 Å². The maximum Gasteiger partial charge on any atom is 0.251 e. The van der Waals surface area contributed by atoms with Gasteiger partial charge in [-0.1, -0.05) is 18.2 Å². The smallest absolute Gasteiger partial charge is 0.251 e. The van der Waals surface area contributed by atoms with E-state index < -0.39 is 0 Å². The highest BCUT2D eigenvalue weighted by molar-refractivity contribution is 5.97. The Morgan fingerprint density at radius 3 is 2.42 bits per heavy atom. The van der Waals surface area contributed by atoms with E-state index in [1.807, 2.05) is 51.1 Å². The third kappa shape index (κ3) is 4.27. The molecule has 0 atom stereocenters. The van der Waals surface area contributed by atoms with E-state index in [9.17, 15) is 9.59 Å². The van der Waals surface area contributed by atoms with Crippen molar-refractivity contribution < 1.29 is 14.0 Å². The van der Waals surface area contributed by atoms with Crippen LogP contribution in [0.15, 0.2) is 53.3 Å². The van der Waals surface area contributed by atoms with E-state index >= 15 is 0 Å². The van der Waals surface area contributed by atoms with Crippen LogP contribution in [0.4, 0.5) is 0 Å². The number of nitrogens with zero attached hydrogens (tertiary/aromatic N) is 1. The molecule has 0 spiro atoms. The molecule has 1 heterocycles. The summed E-state index contributed by atoms with van der Waals surface area (Å²) in [6.07, 6.45) is 1.41. The van der Waals surface area contributed by atoms with Crippen LogP contribution in [-0.4, -0.2) is 28.9 Å². The van der Waals surface area contributed by atoms with Gasteiger partial charge in [0.15, 0.2) is 12.0 Å². The highest BCUT2D eigenvalue weighted by Crippen LogP contribution is 2.24. The molecule has 0 aliphatic heterocycles. The summed E-state index contributed by atoms with van der Waals surface area (Å²) in [6, 6.07) is 13.0. The summed E-state index contributed by atoms with van der Waals surface area (Å²) < 4.78 is 5.24. The van der Waals surface area contributed by atoms with Gasteiger partial charge in [0.2, 0.25) is 5.91 Å². The monoisotopic (exact) mass is 351 g/mol. The van der Waals surface area contributed by atoms with Crippen LogP contribution in [0, 0.1) is 0 Å². The molecule has 0 aliphatic carbocycles. The van der Waals surface area contributed by atoms with Crippen molar-refractivity contribution in [3.05, 3.63) is 54.4 Å². The Morgan fingerprint density at radius 1 is 1.04 bits per heavy atom. The minimum absolute atomic E-state index is 0.0549. The number of oxazole rings is 1. The molecule has 0 unspecified atom stereocenters. The standard InChI is InChI=1S/C20H21N3O3/c1-20(2,3)23-18(24)11-21-19(25)14-6-4-13(5-7-14)15-8-9-17-16(10-15)22-12-26-17/h4-10,12H,11H2,1-3H3,(H,21,25)(H,23,24). The van der Waals surface area contributed by atoms with Gasteiger partial charge in [-0.3, -0.25) is 9.59 Å². The third-order valence-corrected chi connectivity index (χ3v) is 3.73. The fourth-order valence-electron chi connectivity index (χ4n) is 2.58. The Balaban J connectivity index is 1.65. The van der Waals surface area contributed by atoms with Gasteiger partial charge in [-0.05, 0) is 56.2 Å². The second-order valence-electron chi connectivity index (χ2n) is 7.09. The second kappa shape index (κ2) is 7.00. The zero-order valence-electron chi connectivity index (χ0n) is 15.0. The van der Waals surface area contributed by atoms with Crippen LogP contribution in [0.5, 0.6) is 0 Å². The van der Waals surface area contributed by atoms with Crippen molar-refractivity contribution in [2.24, 2.45) is 0 Å². The van der Waals surface area contributed by atoms with Crippen LogP contribution in [0.3, 0.4) is 0 Å². The molecule has 0 saturated carbocycles. The molecular weight excluding hydrogens is 330 g/mol. The van der Waals surface area contributed by atoms with Gasteiger partial charge in [0.25, 0.3) is 5.91 Å². The second-order valence-corrected chi connectivity index (χ2v) is 7.09. The lowest BCUT2D eigenvalue weighted by atomic mass is 10.0. The van der Waals surface area contributed by atoms with E-state index in [4.69, 9.17) is 4.42 Å². The summed E-state index contributed by atoms with van der Waals surface area (Å²) in [5.41, 5.74) is 3.65. The first-order chi connectivity index (χ1) is 12.3. The summed E-state index contributed by atoms with van der Waals surface area (Å²) in [4.78, 5) is 28.1. The third-order valence-electron chi connectivity index (χ3n) is 3.73. The molecule has 2 amide bonds. The van der Waals surface area contributed by atoms with Crippen molar-refractivity contribution in [1.82, 2.24) is 15.6 Å². The topological polar surface area (TPSA) is 84.2 Å². The number of fused-ring (bicyclic) bond motifs is 1. The Hall–Kier alpha value is -3.15. The Morgan fingerprint density at radius 2 is 1.73 bits per heavy atom. The molecule has 0 aliphatic rings. The van der Waals surface area contributed by atoms with Gasteiger partial charge in [0, 0.05) is 11.1 Å². The molecule has 0 bridgehead atoms. The van der Waals surface area contributed by atoms with Gasteiger partial charge in [0.1, 0.15) is 5.52 Å². The van der Waals surface area contributed by atoms with E-state index in [0.717, 1.165) is 22.2 Å². The van der Waals surface area contributed by atoms with Gasteiger partial charge >= 0.3 is 0 Å². The molecule has 0 saturated heterocycles. The first kappa shape index (κ1) is 17.7. The summed E-state index contributed by atoms with van der Waals surface area (Å²) >= 11 is 0. The predicted molar refractivity (Wildman–Crippen MR) is 99.7 cm³/mol. The van der Waals surface area contributed by atoms with Crippen molar-refractivity contribution in [3.8, 4) is 11.1 Å². The molecule has 3 aromatic rings. The Labute approximate surface area is 151 Å². The zero-order chi connectivity index (χ0) is 18.7. The van der Waals surface area contributed by atoms with Gasteiger partial charge in [-0.25, -0.2) is 4.98 Å². The van der Waals surface area contributed by atoms with Crippen molar-refractivity contribution in [1.29, 1.82) is 0 Å². The van der Waals surface area contributed by atoms with Crippen LogP contribution in [-0.2, 0) is 4.79 Å². The van der Waals surface area contributed by atoms with E-state index in [0.29, 0.717) is 5.56 Å². The number of amides is 2. The van der Waals surface area contributed by atoms with E-state index in [-0.39, 0.29) is 23.9 Å². The van der Waals surface area contributed by atoms with Gasteiger partial charge in [-0.15, -0.1) is 0 Å². The Bertz CT molecular complexity index is 937. The van der Waals surface area contributed by atoms with Crippen LogP contribution >= 0.6 is 0 Å². The lowest BCUT2D eigenvalue weighted by Crippen LogP contribution is -2.45. The normalized spacial score (nSPS) is 11.3. The average Bonchev–Trinajstić information content (AvgIpc) is 3.06. The van der Waals surface area contributed by atoms with E-state index in [1.54, 1.807) is 12.1 Å². The molecule has 2 N–H and O–H groups in total. The highest BCUT2D eigenvalue weighted by Gasteiger charge is 2.14. The first-order valence-corrected chi connectivity index (χ1v) is 8.35. The Kier molecular flexibility index (Phi) is 4.75. The molecule has 0 radical (unpaired) electrons. The molecule has 1 aromatic heterocycles. The average molecular weight is 351 g/mol. The molecule has 3 rings (SSSR count). The fourth-order valence-corrected chi connectivity index (χ4v) is 2.58. The number of nitrogens with one attached hydrogen (secondary N) is 2. The maximum atomic E-state index is 12.2. The highest BCUT2D eigenvalue weighted by atomic mass is 16.3. The van der Waals surface area contributed by atoms with Crippen LogP contribution in [0.25, 0.3) is 22.2 Å². The van der Waals surface area contributed by atoms with E-state index in [2.05, 4.69) is 15.6 Å². The quantitative estimate of drug-likeness (QED) is 0.756. The predicted octanol–water partition coefficient (Wildman–Crippen LogP) is 3.14. The molecule has 0 fully saturated rings. The number of aromatic nitrogens is 1. The number of carbonyl (C=O) groups is 2. The van der Waals surface area contributed by atoms with Gasteiger partial charge < -0.3 is 15.1 Å². The minimum atomic E-state index is -0.325. The molecule has 134 valence electrons. The molecule has 6 heteroatoms. The van der Waals surface area contributed by atoms with Crippen molar-refractivity contribution in [2.75, 3.05) is 6.54 Å². The summed E-state index contributed by atoms with van der Waals surface area (Å²) in [7, 11) is 0. The first-order valence-electron chi connectivity index (χ1n) is 8.35. The zero-order valence-corrected chi connectivity index (χ0v) is 15.0. The molecule has 6 nitrogen and oxygen atoms in total. The van der Waals surface area contributed by atoms with E-state index in [1.165, 1.54) is 6.39 Å². The fraction of sp³-hybridized carbons (Fsp3) is 0.250. The molecular formula is C20H21N3O3. The number of carbonyl (C=O) groups excluding carboxylic acids is 2. The molecule has 2 aromatic carbocycles.